The lowest BCUT2D eigenvalue weighted by Gasteiger charge is -2.61. The summed E-state index contributed by atoms with van der Waals surface area (Å²) in [6, 6.07) is 0. The molecule has 0 heterocycles. The molecule has 22 heavy (non-hydrogen) atoms. The molecular weight excluding hydrogens is 276 g/mol. The fraction of sp³-hybridized carbons (Fsp3) is 0.842. The van der Waals surface area contributed by atoms with Gasteiger partial charge in [0.05, 0.1) is 11.7 Å². The zero-order chi connectivity index (χ0) is 15.8. The summed E-state index contributed by atoms with van der Waals surface area (Å²) in [6.07, 6.45) is 8.49. The molecule has 0 saturated heterocycles. The van der Waals surface area contributed by atoms with Crippen molar-refractivity contribution in [3.05, 3.63) is 11.6 Å². The van der Waals surface area contributed by atoms with Crippen LogP contribution in [0.4, 0.5) is 0 Å². The first-order valence-corrected chi connectivity index (χ1v) is 8.96. The Morgan fingerprint density at radius 3 is 2.59 bits per heavy atom. The van der Waals surface area contributed by atoms with E-state index in [0.717, 1.165) is 44.9 Å². The summed E-state index contributed by atoms with van der Waals surface area (Å²) in [4.78, 5) is 11.8. The number of ketones is 1. The molecular formula is C19H28O3. The number of aliphatic hydroxyl groups excluding tert-OH is 1. The molecule has 4 rings (SSSR count). The van der Waals surface area contributed by atoms with E-state index >= 15 is 0 Å². The van der Waals surface area contributed by atoms with Crippen LogP contribution in [-0.4, -0.2) is 27.7 Å². The van der Waals surface area contributed by atoms with Gasteiger partial charge in [0.1, 0.15) is 0 Å². The minimum absolute atomic E-state index is 0.0848. The molecule has 3 fully saturated rings. The Hall–Kier alpha value is -0.670. The second-order valence-corrected chi connectivity index (χ2v) is 8.74. The molecule has 0 unspecified atom stereocenters. The summed E-state index contributed by atoms with van der Waals surface area (Å²) in [6.45, 7) is 4.42. The zero-order valence-corrected chi connectivity index (χ0v) is 13.8. The number of carbonyl (C=O) groups is 1. The highest BCUT2D eigenvalue weighted by Gasteiger charge is 2.66. The molecule has 0 aliphatic heterocycles. The van der Waals surface area contributed by atoms with Gasteiger partial charge in [0.15, 0.2) is 5.78 Å². The summed E-state index contributed by atoms with van der Waals surface area (Å²) in [5.74, 6) is 1.02. The van der Waals surface area contributed by atoms with Crippen molar-refractivity contribution in [1.82, 2.24) is 0 Å². The van der Waals surface area contributed by atoms with Crippen LogP contribution in [-0.2, 0) is 4.79 Å². The topological polar surface area (TPSA) is 57.5 Å². The first-order chi connectivity index (χ1) is 10.3. The van der Waals surface area contributed by atoms with Crippen LogP contribution in [0.2, 0.25) is 0 Å². The third-order valence-electron chi connectivity index (χ3n) is 8.10. The van der Waals surface area contributed by atoms with E-state index in [9.17, 15) is 15.0 Å². The molecule has 6 atom stereocenters. The number of allylic oxidation sites excluding steroid dienone is 1. The Labute approximate surface area is 132 Å². The molecule has 0 aromatic heterocycles. The minimum atomic E-state index is -0.717. The number of fused-ring (bicyclic) bond motifs is 5. The normalized spacial score (nSPS) is 54.3. The van der Waals surface area contributed by atoms with E-state index in [4.69, 9.17) is 0 Å². The highest BCUT2D eigenvalue weighted by Crippen LogP contribution is 2.66. The van der Waals surface area contributed by atoms with Crippen molar-refractivity contribution in [2.24, 2.45) is 22.7 Å². The Balaban J connectivity index is 1.74. The molecule has 3 nitrogen and oxygen atoms in total. The first-order valence-electron chi connectivity index (χ1n) is 8.96. The van der Waals surface area contributed by atoms with Crippen molar-refractivity contribution in [1.29, 1.82) is 0 Å². The van der Waals surface area contributed by atoms with Gasteiger partial charge in [-0.2, -0.15) is 0 Å². The molecule has 0 aromatic carbocycles. The number of carbonyl (C=O) groups excluding carboxylic acids is 1. The zero-order valence-electron chi connectivity index (χ0n) is 13.8. The SMILES string of the molecule is C[C@]12CCC(=O)C=C1CC[C@H]1[C@H]2CC[C@@]2(C)[C@H](O)CC[C@]12O. The summed E-state index contributed by atoms with van der Waals surface area (Å²) in [5, 5.41) is 22.0. The number of hydrogen-bond donors (Lipinski definition) is 2. The van der Waals surface area contributed by atoms with Crippen LogP contribution in [0.5, 0.6) is 0 Å². The monoisotopic (exact) mass is 304 g/mol. The van der Waals surface area contributed by atoms with Crippen LogP contribution in [0.1, 0.15) is 65.2 Å². The van der Waals surface area contributed by atoms with E-state index in [1.165, 1.54) is 5.57 Å². The quantitative estimate of drug-likeness (QED) is 0.723. The number of hydrogen-bond acceptors (Lipinski definition) is 3. The van der Waals surface area contributed by atoms with Crippen molar-refractivity contribution in [2.75, 3.05) is 0 Å². The van der Waals surface area contributed by atoms with Gasteiger partial charge in [0.25, 0.3) is 0 Å². The minimum Gasteiger partial charge on any atom is -0.392 e. The fourth-order valence-corrected chi connectivity index (χ4v) is 6.50. The highest BCUT2D eigenvalue weighted by atomic mass is 16.3. The molecule has 4 aliphatic carbocycles. The Bertz CT molecular complexity index is 553. The largest absolute Gasteiger partial charge is 0.392 e. The maximum absolute atomic E-state index is 11.8. The van der Waals surface area contributed by atoms with E-state index in [1.807, 2.05) is 6.08 Å². The van der Waals surface area contributed by atoms with Crippen LogP contribution in [0.15, 0.2) is 11.6 Å². The second kappa shape index (κ2) is 4.45. The Morgan fingerprint density at radius 2 is 1.82 bits per heavy atom. The standard InChI is InChI=1S/C19H28O3/c1-17-8-5-13(20)11-12(17)3-4-15-14(17)6-9-18(2)16(21)7-10-19(15,18)22/h11,14-16,21-22H,3-10H2,1-2H3/t14-,15+,16-,17+,18+,19+/m1/s1. The third kappa shape index (κ3) is 1.62. The molecule has 0 aromatic rings. The first kappa shape index (κ1) is 14.9. The van der Waals surface area contributed by atoms with Crippen LogP contribution in [0.25, 0.3) is 0 Å². The fourth-order valence-electron chi connectivity index (χ4n) is 6.50. The van der Waals surface area contributed by atoms with Gasteiger partial charge in [-0.15, -0.1) is 0 Å². The second-order valence-electron chi connectivity index (χ2n) is 8.74. The summed E-state index contributed by atoms with van der Waals surface area (Å²) < 4.78 is 0. The van der Waals surface area contributed by atoms with Crippen LogP contribution in [0.3, 0.4) is 0 Å². The highest BCUT2D eigenvalue weighted by molar-refractivity contribution is 5.91. The Kier molecular flexibility index (Phi) is 3.01. The van der Waals surface area contributed by atoms with Crippen LogP contribution in [0, 0.1) is 22.7 Å². The summed E-state index contributed by atoms with van der Waals surface area (Å²) >= 11 is 0. The van der Waals surface area contributed by atoms with Crippen LogP contribution >= 0.6 is 0 Å². The summed E-state index contributed by atoms with van der Waals surface area (Å²) in [7, 11) is 0. The molecule has 0 bridgehead atoms. The predicted molar refractivity (Wildman–Crippen MR) is 84.2 cm³/mol. The average Bonchev–Trinajstić information content (AvgIpc) is 2.72. The van der Waals surface area contributed by atoms with Crippen molar-refractivity contribution in [2.45, 2.75) is 76.9 Å². The average molecular weight is 304 g/mol. The lowest BCUT2D eigenvalue weighted by atomic mass is 9.46. The van der Waals surface area contributed by atoms with E-state index < -0.39 is 5.60 Å². The maximum atomic E-state index is 11.8. The predicted octanol–water partition coefficient (Wildman–Crippen LogP) is 2.99. The van der Waals surface area contributed by atoms with Crippen LogP contribution < -0.4 is 0 Å². The molecule has 2 N–H and O–H groups in total. The third-order valence-corrected chi connectivity index (χ3v) is 8.10. The maximum Gasteiger partial charge on any atom is 0.155 e. The number of rotatable bonds is 0. The van der Waals surface area contributed by atoms with Gasteiger partial charge >= 0.3 is 0 Å². The van der Waals surface area contributed by atoms with Crippen molar-refractivity contribution in [3.63, 3.8) is 0 Å². The van der Waals surface area contributed by atoms with Crippen molar-refractivity contribution < 1.29 is 15.0 Å². The molecule has 3 heteroatoms. The van der Waals surface area contributed by atoms with Gasteiger partial charge in [-0.05, 0) is 68.3 Å². The Morgan fingerprint density at radius 1 is 1.05 bits per heavy atom. The van der Waals surface area contributed by atoms with E-state index in [-0.39, 0.29) is 28.6 Å². The van der Waals surface area contributed by atoms with E-state index in [0.29, 0.717) is 12.3 Å². The lowest BCUT2D eigenvalue weighted by Crippen LogP contribution is -2.61. The van der Waals surface area contributed by atoms with Gasteiger partial charge in [0.2, 0.25) is 0 Å². The number of aliphatic hydroxyl groups is 2. The molecule has 0 spiro atoms. The van der Waals surface area contributed by atoms with E-state index in [2.05, 4.69) is 13.8 Å². The molecule has 122 valence electrons. The smallest absolute Gasteiger partial charge is 0.155 e. The van der Waals surface area contributed by atoms with Gasteiger partial charge in [0, 0.05) is 11.8 Å². The van der Waals surface area contributed by atoms with Crippen molar-refractivity contribution in [3.8, 4) is 0 Å². The molecule has 0 radical (unpaired) electrons. The molecule has 0 amide bonds. The van der Waals surface area contributed by atoms with Crippen molar-refractivity contribution >= 4 is 5.78 Å². The van der Waals surface area contributed by atoms with Gasteiger partial charge in [-0.1, -0.05) is 19.4 Å². The van der Waals surface area contributed by atoms with Gasteiger partial charge in [-0.3, -0.25) is 4.79 Å². The van der Waals surface area contributed by atoms with Gasteiger partial charge in [-0.25, -0.2) is 0 Å². The summed E-state index contributed by atoms with van der Waals surface area (Å²) in [5.41, 5.74) is 0.360. The lowest BCUT2D eigenvalue weighted by molar-refractivity contribution is -0.192. The molecule has 4 aliphatic rings. The van der Waals surface area contributed by atoms with Gasteiger partial charge < -0.3 is 10.2 Å². The molecule has 3 saturated carbocycles. The van der Waals surface area contributed by atoms with E-state index in [1.54, 1.807) is 0 Å².